The van der Waals surface area contributed by atoms with Gasteiger partial charge in [-0.2, -0.15) is 10.2 Å². The van der Waals surface area contributed by atoms with E-state index >= 15 is 0 Å². The van der Waals surface area contributed by atoms with E-state index in [9.17, 15) is 0 Å². The van der Waals surface area contributed by atoms with Gasteiger partial charge in [0.05, 0.1) is 24.9 Å². The molecular weight excluding hydrogens is 364 g/mol. The standard InChI is InChI=1S/C22H28N6O/c1-29-20-15-25-22(26-18-8-4-6-16(12-18)13-23)27-21(20)24-14-17-7-5-11-28-10-3-2-9-19(17)28/h4,6,8,12,15,17,19H,2-3,5,7,9-11,14H2,1H3,(H2,24,25,26,27)/t17-,19+/m0/s1. The summed E-state index contributed by atoms with van der Waals surface area (Å²) in [5.41, 5.74) is 1.38. The van der Waals surface area contributed by atoms with Crippen LogP contribution < -0.4 is 15.4 Å². The van der Waals surface area contributed by atoms with Crippen molar-refractivity contribution in [1.29, 1.82) is 5.26 Å². The Hall–Kier alpha value is -2.85. The van der Waals surface area contributed by atoms with Crippen LogP contribution >= 0.6 is 0 Å². The van der Waals surface area contributed by atoms with Gasteiger partial charge in [0.2, 0.25) is 5.95 Å². The lowest BCUT2D eigenvalue weighted by atomic mass is 9.83. The molecule has 2 aromatic rings. The first-order valence-corrected chi connectivity index (χ1v) is 10.4. The normalized spacial score (nSPS) is 21.7. The van der Waals surface area contributed by atoms with Crippen molar-refractivity contribution in [3.8, 4) is 11.8 Å². The number of aromatic nitrogens is 2. The number of fused-ring (bicyclic) bond motifs is 1. The number of methoxy groups -OCH3 is 1. The van der Waals surface area contributed by atoms with Gasteiger partial charge in [-0.05, 0) is 62.9 Å². The molecule has 29 heavy (non-hydrogen) atoms. The van der Waals surface area contributed by atoms with Crippen molar-refractivity contribution in [1.82, 2.24) is 14.9 Å². The Morgan fingerprint density at radius 1 is 1.24 bits per heavy atom. The summed E-state index contributed by atoms with van der Waals surface area (Å²) < 4.78 is 5.46. The zero-order chi connectivity index (χ0) is 20.1. The third-order valence-corrected chi connectivity index (χ3v) is 5.98. The van der Waals surface area contributed by atoms with Crippen molar-refractivity contribution in [3.63, 3.8) is 0 Å². The molecule has 2 saturated heterocycles. The van der Waals surface area contributed by atoms with Gasteiger partial charge in [0, 0.05) is 18.3 Å². The van der Waals surface area contributed by atoms with Gasteiger partial charge in [-0.25, -0.2) is 4.98 Å². The Bertz CT molecular complexity index is 878. The summed E-state index contributed by atoms with van der Waals surface area (Å²) in [5, 5.41) is 15.8. The van der Waals surface area contributed by atoms with Crippen LogP contribution in [-0.2, 0) is 0 Å². The highest BCUT2D eigenvalue weighted by Gasteiger charge is 2.32. The molecule has 7 heteroatoms. The van der Waals surface area contributed by atoms with Gasteiger partial charge in [-0.15, -0.1) is 0 Å². The maximum atomic E-state index is 9.08. The first-order valence-electron chi connectivity index (χ1n) is 10.4. The maximum absolute atomic E-state index is 9.08. The number of hydrogen-bond acceptors (Lipinski definition) is 7. The van der Waals surface area contributed by atoms with Crippen molar-refractivity contribution >= 4 is 17.5 Å². The van der Waals surface area contributed by atoms with Crippen LogP contribution in [0.1, 0.15) is 37.7 Å². The van der Waals surface area contributed by atoms with E-state index < -0.39 is 0 Å². The molecule has 4 rings (SSSR count). The van der Waals surface area contributed by atoms with E-state index in [1.165, 1.54) is 45.2 Å². The number of nitriles is 1. The van der Waals surface area contributed by atoms with E-state index in [1.807, 2.05) is 12.1 Å². The molecule has 2 aliphatic heterocycles. The zero-order valence-electron chi connectivity index (χ0n) is 16.9. The molecule has 0 bridgehead atoms. The number of nitrogens with zero attached hydrogens (tertiary/aromatic N) is 4. The fourth-order valence-corrected chi connectivity index (χ4v) is 4.55. The Kier molecular flexibility index (Phi) is 6.11. The monoisotopic (exact) mass is 392 g/mol. The average molecular weight is 393 g/mol. The average Bonchev–Trinajstić information content (AvgIpc) is 2.78. The molecule has 1 aromatic carbocycles. The summed E-state index contributed by atoms with van der Waals surface area (Å²) in [6.07, 6.45) is 8.18. The lowest BCUT2D eigenvalue weighted by Gasteiger charge is -2.44. The molecule has 2 fully saturated rings. The predicted octanol–water partition coefficient (Wildman–Crippen LogP) is 3.78. The molecule has 2 atom stereocenters. The predicted molar refractivity (Wildman–Crippen MR) is 113 cm³/mol. The summed E-state index contributed by atoms with van der Waals surface area (Å²) in [4.78, 5) is 11.6. The summed E-state index contributed by atoms with van der Waals surface area (Å²) in [5.74, 6) is 2.45. The summed E-state index contributed by atoms with van der Waals surface area (Å²) in [7, 11) is 1.64. The van der Waals surface area contributed by atoms with Gasteiger partial charge >= 0.3 is 0 Å². The molecule has 1 aromatic heterocycles. The second-order valence-corrected chi connectivity index (χ2v) is 7.81. The Balaban J connectivity index is 1.46. The number of ether oxygens (including phenoxy) is 1. The molecule has 7 nitrogen and oxygen atoms in total. The highest BCUT2D eigenvalue weighted by atomic mass is 16.5. The van der Waals surface area contributed by atoms with E-state index in [-0.39, 0.29) is 0 Å². The molecule has 0 aliphatic carbocycles. The van der Waals surface area contributed by atoms with Crippen LogP contribution in [0, 0.1) is 17.2 Å². The van der Waals surface area contributed by atoms with Crippen molar-refractivity contribution < 1.29 is 4.74 Å². The number of hydrogen-bond donors (Lipinski definition) is 2. The quantitative estimate of drug-likeness (QED) is 0.774. The van der Waals surface area contributed by atoms with Crippen LogP contribution in [0.5, 0.6) is 5.75 Å². The third-order valence-electron chi connectivity index (χ3n) is 5.98. The number of piperidine rings is 2. The minimum atomic E-state index is 0.478. The second kappa shape index (κ2) is 9.10. The van der Waals surface area contributed by atoms with Crippen molar-refractivity contribution in [3.05, 3.63) is 36.0 Å². The Labute approximate surface area is 172 Å². The summed E-state index contributed by atoms with van der Waals surface area (Å²) in [6.45, 7) is 3.37. The van der Waals surface area contributed by atoms with Crippen molar-refractivity contribution in [2.75, 3.05) is 37.4 Å². The van der Waals surface area contributed by atoms with Crippen LogP contribution in [0.3, 0.4) is 0 Å². The summed E-state index contributed by atoms with van der Waals surface area (Å²) in [6, 6.07) is 10.1. The van der Waals surface area contributed by atoms with Crippen molar-refractivity contribution in [2.45, 2.75) is 38.1 Å². The third kappa shape index (κ3) is 4.60. The largest absolute Gasteiger partial charge is 0.491 e. The fraction of sp³-hybridized carbons (Fsp3) is 0.500. The van der Waals surface area contributed by atoms with E-state index in [0.29, 0.717) is 35.0 Å². The number of anilines is 3. The van der Waals surface area contributed by atoms with E-state index in [1.54, 1.807) is 25.4 Å². The highest BCUT2D eigenvalue weighted by Crippen LogP contribution is 2.32. The molecular formula is C22H28N6O. The topological polar surface area (TPSA) is 86.1 Å². The van der Waals surface area contributed by atoms with Gasteiger partial charge in [-0.1, -0.05) is 12.5 Å². The van der Waals surface area contributed by atoms with Crippen LogP contribution in [0.2, 0.25) is 0 Å². The minimum absolute atomic E-state index is 0.478. The van der Waals surface area contributed by atoms with Crippen molar-refractivity contribution in [2.24, 2.45) is 5.92 Å². The Morgan fingerprint density at radius 3 is 3.00 bits per heavy atom. The van der Waals surface area contributed by atoms with Gasteiger partial charge < -0.3 is 20.3 Å². The van der Waals surface area contributed by atoms with E-state index in [0.717, 1.165) is 12.2 Å². The smallest absolute Gasteiger partial charge is 0.229 e. The molecule has 152 valence electrons. The minimum Gasteiger partial charge on any atom is -0.491 e. The second-order valence-electron chi connectivity index (χ2n) is 7.81. The first-order chi connectivity index (χ1) is 14.3. The molecule has 2 N–H and O–H groups in total. The first kappa shape index (κ1) is 19.5. The molecule has 3 heterocycles. The van der Waals surface area contributed by atoms with E-state index in [2.05, 4.69) is 31.6 Å². The molecule has 0 spiro atoms. The molecule has 0 radical (unpaired) electrons. The van der Waals surface area contributed by atoms with Gasteiger partial charge in [0.25, 0.3) is 0 Å². The fourth-order valence-electron chi connectivity index (χ4n) is 4.55. The molecule has 0 amide bonds. The zero-order valence-corrected chi connectivity index (χ0v) is 16.9. The molecule has 2 aliphatic rings. The molecule has 0 saturated carbocycles. The maximum Gasteiger partial charge on any atom is 0.229 e. The number of benzene rings is 1. The number of rotatable bonds is 6. The highest BCUT2D eigenvalue weighted by molar-refractivity contribution is 5.59. The summed E-state index contributed by atoms with van der Waals surface area (Å²) >= 11 is 0. The van der Waals surface area contributed by atoms with Crippen LogP contribution in [0.15, 0.2) is 30.5 Å². The lowest BCUT2D eigenvalue weighted by Crippen LogP contribution is -2.49. The Morgan fingerprint density at radius 2 is 2.14 bits per heavy atom. The van der Waals surface area contributed by atoms with Crippen LogP contribution in [0.4, 0.5) is 17.5 Å². The lowest BCUT2D eigenvalue weighted by molar-refractivity contribution is 0.0649. The van der Waals surface area contributed by atoms with Gasteiger partial charge in [0.15, 0.2) is 11.6 Å². The SMILES string of the molecule is COc1cnc(Nc2cccc(C#N)c2)nc1NC[C@@H]1CCCN2CCCC[C@H]12. The van der Waals surface area contributed by atoms with Crippen LogP contribution in [0.25, 0.3) is 0 Å². The van der Waals surface area contributed by atoms with Gasteiger partial charge in [-0.3, -0.25) is 0 Å². The van der Waals surface area contributed by atoms with Gasteiger partial charge in [0.1, 0.15) is 0 Å². The van der Waals surface area contributed by atoms with E-state index in [4.69, 9.17) is 10.00 Å². The van der Waals surface area contributed by atoms with Crippen LogP contribution in [-0.4, -0.2) is 47.7 Å². The molecule has 0 unspecified atom stereocenters. The number of nitrogens with one attached hydrogen (secondary N) is 2.